The molecule has 2 heterocycles. The van der Waals surface area contributed by atoms with Crippen LogP contribution >= 0.6 is 11.6 Å². The van der Waals surface area contributed by atoms with E-state index in [9.17, 15) is 9.59 Å². The normalized spacial score (nSPS) is 18.2. The molecule has 2 aromatic carbocycles. The van der Waals surface area contributed by atoms with E-state index in [4.69, 9.17) is 21.1 Å². The number of alkyl halides is 1. The number of aromatic amines is 1. The van der Waals surface area contributed by atoms with Crippen LogP contribution in [0.4, 0.5) is 0 Å². The number of H-pyrrole nitrogens is 1. The number of esters is 1. The Morgan fingerprint density at radius 2 is 1.90 bits per heavy atom. The average molecular weight is 427 g/mol. The summed E-state index contributed by atoms with van der Waals surface area (Å²) in [5.41, 5.74) is 3.60. The van der Waals surface area contributed by atoms with Gasteiger partial charge in [-0.15, -0.1) is 11.6 Å². The quantitative estimate of drug-likeness (QED) is 0.497. The molecule has 6 nitrogen and oxygen atoms in total. The van der Waals surface area contributed by atoms with Crippen molar-refractivity contribution in [1.82, 2.24) is 9.88 Å². The minimum atomic E-state index is -0.785. The number of para-hydroxylation sites is 2. The highest BCUT2D eigenvalue weighted by Crippen LogP contribution is 2.43. The fourth-order valence-corrected chi connectivity index (χ4v) is 4.44. The van der Waals surface area contributed by atoms with Crippen LogP contribution in [0.15, 0.2) is 48.5 Å². The van der Waals surface area contributed by atoms with E-state index >= 15 is 0 Å². The number of ether oxygens (including phenoxy) is 2. The van der Waals surface area contributed by atoms with E-state index in [1.54, 1.807) is 0 Å². The third-order valence-electron chi connectivity index (χ3n) is 5.52. The SMILES string of the molecule is CCOc1ccccc1C1c2[nH]c3ccccc3c2CC(C(=O)OC)N1C(=O)CCl. The zero-order chi connectivity index (χ0) is 21.3. The van der Waals surface area contributed by atoms with Crippen LogP contribution in [0.5, 0.6) is 5.75 Å². The number of hydrogen-bond acceptors (Lipinski definition) is 4. The zero-order valence-electron chi connectivity index (χ0n) is 16.9. The number of halogens is 1. The summed E-state index contributed by atoms with van der Waals surface area (Å²) in [5, 5.41) is 1.03. The summed E-state index contributed by atoms with van der Waals surface area (Å²) in [4.78, 5) is 30.8. The topological polar surface area (TPSA) is 71.6 Å². The molecular weight excluding hydrogens is 404 g/mol. The smallest absolute Gasteiger partial charge is 0.328 e. The van der Waals surface area contributed by atoms with E-state index in [1.165, 1.54) is 12.0 Å². The number of methoxy groups -OCH3 is 1. The van der Waals surface area contributed by atoms with E-state index in [0.29, 0.717) is 18.8 Å². The molecule has 0 radical (unpaired) electrons. The van der Waals surface area contributed by atoms with Crippen LogP contribution in [0.2, 0.25) is 0 Å². The van der Waals surface area contributed by atoms with Crippen molar-refractivity contribution in [2.24, 2.45) is 0 Å². The average Bonchev–Trinajstić information content (AvgIpc) is 3.16. The summed E-state index contributed by atoms with van der Waals surface area (Å²) >= 11 is 5.97. The van der Waals surface area contributed by atoms with Gasteiger partial charge < -0.3 is 19.4 Å². The summed E-state index contributed by atoms with van der Waals surface area (Å²) in [7, 11) is 1.33. The number of nitrogens with one attached hydrogen (secondary N) is 1. The lowest BCUT2D eigenvalue weighted by Crippen LogP contribution is -2.52. The molecule has 0 saturated heterocycles. The van der Waals surface area contributed by atoms with Gasteiger partial charge in [-0.2, -0.15) is 0 Å². The second-order valence-electron chi connectivity index (χ2n) is 7.11. The van der Waals surface area contributed by atoms with Crippen molar-refractivity contribution in [3.05, 3.63) is 65.4 Å². The Labute approximate surface area is 179 Å². The van der Waals surface area contributed by atoms with E-state index in [-0.39, 0.29) is 11.8 Å². The molecule has 1 aromatic heterocycles. The predicted molar refractivity (Wildman–Crippen MR) is 115 cm³/mol. The van der Waals surface area contributed by atoms with Crippen molar-refractivity contribution < 1.29 is 19.1 Å². The number of carbonyl (C=O) groups is 2. The molecule has 7 heteroatoms. The lowest BCUT2D eigenvalue weighted by Gasteiger charge is -2.41. The summed E-state index contributed by atoms with van der Waals surface area (Å²) in [6.45, 7) is 2.39. The van der Waals surface area contributed by atoms with Gasteiger partial charge >= 0.3 is 5.97 Å². The molecule has 2 atom stereocenters. The Balaban J connectivity index is 2.00. The summed E-state index contributed by atoms with van der Waals surface area (Å²) in [5.74, 6) is -0.389. The molecule has 1 aliphatic heterocycles. The van der Waals surface area contributed by atoms with Gasteiger partial charge in [-0.3, -0.25) is 4.79 Å². The monoisotopic (exact) mass is 426 g/mol. The van der Waals surface area contributed by atoms with Gasteiger partial charge in [-0.1, -0.05) is 36.4 Å². The number of fused-ring (bicyclic) bond motifs is 3. The molecule has 2 unspecified atom stereocenters. The van der Waals surface area contributed by atoms with Crippen molar-refractivity contribution >= 4 is 34.4 Å². The first-order chi connectivity index (χ1) is 14.6. The summed E-state index contributed by atoms with van der Waals surface area (Å²) in [6, 6.07) is 14.1. The molecule has 4 rings (SSSR count). The summed E-state index contributed by atoms with van der Waals surface area (Å²) in [6.07, 6.45) is 0.349. The van der Waals surface area contributed by atoms with Crippen molar-refractivity contribution in [1.29, 1.82) is 0 Å². The molecule has 0 spiro atoms. The first-order valence-corrected chi connectivity index (χ1v) is 10.4. The highest BCUT2D eigenvalue weighted by Gasteiger charge is 2.44. The Kier molecular flexibility index (Phi) is 5.68. The third-order valence-corrected chi connectivity index (χ3v) is 5.75. The Morgan fingerprint density at radius 3 is 2.63 bits per heavy atom. The van der Waals surface area contributed by atoms with Crippen LogP contribution in [-0.2, 0) is 20.7 Å². The van der Waals surface area contributed by atoms with Gasteiger partial charge in [0, 0.05) is 28.6 Å². The van der Waals surface area contributed by atoms with Crippen LogP contribution in [0.1, 0.15) is 29.8 Å². The highest BCUT2D eigenvalue weighted by molar-refractivity contribution is 6.27. The van der Waals surface area contributed by atoms with Crippen molar-refractivity contribution in [3.63, 3.8) is 0 Å². The molecular formula is C23H23ClN2O4. The van der Waals surface area contributed by atoms with Crippen LogP contribution in [0.3, 0.4) is 0 Å². The van der Waals surface area contributed by atoms with Gasteiger partial charge in [0.2, 0.25) is 5.91 Å². The number of carbonyl (C=O) groups excluding carboxylic acids is 2. The maximum Gasteiger partial charge on any atom is 0.328 e. The number of hydrogen-bond donors (Lipinski definition) is 1. The number of benzene rings is 2. The first-order valence-electron chi connectivity index (χ1n) is 9.86. The number of nitrogens with zero attached hydrogens (tertiary/aromatic N) is 1. The van der Waals surface area contributed by atoms with Gasteiger partial charge in [0.05, 0.1) is 13.7 Å². The first kappa shape index (κ1) is 20.3. The fourth-order valence-electron chi connectivity index (χ4n) is 4.30. The van der Waals surface area contributed by atoms with Crippen molar-refractivity contribution in [2.75, 3.05) is 19.6 Å². The second kappa shape index (κ2) is 8.40. The molecule has 0 aliphatic carbocycles. The van der Waals surface area contributed by atoms with Gasteiger partial charge in [-0.25, -0.2) is 4.79 Å². The minimum Gasteiger partial charge on any atom is -0.494 e. The maximum atomic E-state index is 13.0. The molecule has 0 bridgehead atoms. The molecule has 156 valence electrons. The fraction of sp³-hybridized carbons (Fsp3) is 0.304. The molecule has 1 aliphatic rings. The van der Waals surface area contributed by atoms with Crippen LogP contribution in [-0.4, -0.2) is 47.4 Å². The van der Waals surface area contributed by atoms with Crippen molar-refractivity contribution in [3.8, 4) is 5.75 Å². The van der Waals surface area contributed by atoms with E-state index in [2.05, 4.69) is 4.98 Å². The van der Waals surface area contributed by atoms with E-state index in [0.717, 1.165) is 27.7 Å². The van der Waals surface area contributed by atoms with E-state index in [1.807, 2.05) is 55.5 Å². The van der Waals surface area contributed by atoms with Gasteiger partial charge in [-0.05, 0) is 24.6 Å². The standard InChI is InChI=1S/C23H23ClN2O4/c1-3-30-19-11-7-5-9-15(19)22-21-16(14-8-4-6-10-17(14)25-21)12-18(23(28)29-2)26(22)20(27)13-24/h4-11,18,22,25H,3,12-13H2,1-2H3. The maximum absolute atomic E-state index is 13.0. The largest absolute Gasteiger partial charge is 0.494 e. The van der Waals surface area contributed by atoms with Crippen LogP contribution < -0.4 is 4.74 Å². The Bertz CT molecular complexity index is 1090. The van der Waals surface area contributed by atoms with Gasteiger partial charge in [0.25, 0.3) is 0 Å². The molecule has 3 aromatic rings. The second-order valence-corrected chi connectivity index (χ2v) is 7.38. The van der Waals surface area contributed by atoms with Crippen molar-refractivity contribution in [2.45, 2.75) is 25.4 Å². The number of amides is 1. The van der Waals surface area contributed by atoms with Gasteiger partial charge in [0.15, 0.2) is 0 Å². The minimum absolute atomic E-state index is 0.240. The predicted octanol–water partition coefficient (Wildman–Crippen LogP) is 3.82. The molecule has 1 amide bonds. The Morgan fingerprint density at radius 1 is 1.17 bits per heavy atom. The van der Waals surface area contributed by atoms with Crippen LogP contribution in [0.25, 0.3) is 10.9 Å². The third kappa shape index (κ3) is 3.31. The van der Waals surface area contributed by atoms with Crippen LogP contribution in [0, 0.1) is 0 Å². The van der Waals surface area contributed by atoms with Gasteiger partial charge in [0.1, 0.15) is 23.7 Å². The van der Waals surface area contributed by atoms with E-state index < -0.39 is 18.1 Å². The molecule has 1 N–H and O–H groups in total. The lowest BCUT2D eigenvalue weighted by molar-refractivity contribution is -0.154. The number of aromatic nitrogens is 1. The molecule has 0 saturated carbocycles. The summed E-state index contributed by atoms with van der Waals surface area (Å²) < 4.78 is 10.9. The highest BCUT2D eigenvalue weighted by atomic mass is 35.5. The number of rotatable bonds is 5. The molecule has 30 heavy (non-hydrogen) atoms. The Hall–Kier alpha value is -2.99. The zero-order valence-corrected chi connectivity index (χ0v) is 17.6. The lowest BCUT2D eigenvalue weighted by atomic mass is 9.87. The molecule has 0 fully saturated rings.